The smallest absolute Gasteiger partial charge is 0.156 e. The molecule has 0 aromatic carbocycles. The van der Waals surface area contributed by atoms with E-state index in [4.69, 9.17) is 0 Å². The van der Waals surface area contributed by atoms with Gasteiger partial charge in [-0.3, -0.25) is 9.98 Å². The third kappa shape index (κ3) is 3.73. The Morgan fingerprint density at radius 2 is 2.47 bits per heavy atom. The Labute approximate surface area is 107 Å². The van der Waals surface area contributed by atoms with Gasteiger partial charge in [0.15, 0.2) is 5.17 Å². The maximum atomic E-state index is 4.59. The van der Waals surface area contributed by atoms with Crippen LogP contribution in [0.3, 0.4) is 0 Å². The van der Waals surface area contributed by atoms with Crippen molar-refractivity contribution in [2.24, 2.45) is 10.9 Å². The number of hydrogen-bond donors (Lipinski definition) is 1. The molecule has 1 aliphatic heterocycles. The summed E-state index contributed by atoms with van der Waals surface area (Å²) in [6.07, 6.45) is 4.68. The van der Waals surface area contributed by atoms with E-state index >= 15 is 0 Å². The van der Waals surface area contributed by atoms with Gasteiger partial charge >= 0.3 is 0 Å². The highest BCUT2D eigenvalue weighted by molar-refractivity contribution is 8.14. The first-order chi connectivity index (χ1) is 8.25. The number of pyridine rings is 1. The van der Waals surface area contributed by atoms with E-state index in [0.29, 0.717) is 12.0 Å². The zero-order valence-corrected chi connectivity index (χ0v) is 11.2. The second kappa shape index (κ2) is 6.05. The van der Waals surface area contributed by atoms with Crippen LogP contribution in [0, 0.1) is 5.92 Å². The van der Waals surface area contributed by atoms with Crippen LogP contribution in [0.5, 0.6) is 0 Å². The van der Waals surface area contributed by atoms with Crippen molar-refractivity contribution >= 4 is 16.9 Å². The molecule has 1 fully saturated rings. The van der Waals surface area contributed by atoms with Crippen molar-refractivity contribution in [3.05, 3.63) is 30.1 Å². The van der Waals surface area contributed by atoms with Crippen molar-refractivity contribution in [2.75, 3.05) is 12.3 Å². The van der Waals surface area contributed by atoms with Gasteiger partial charge in [-0.15, -0.1) is 0 Å². The van der Waals surface area contributed by atoms with E-state index in [-0.39, 0.29) is 0 Å². The number of nitrogens with zero attached hydrogens (tertiary/aromatic N) is 2. The molecular formula is C13H19N3S. The summed E-state index contributed by atoms with van der Waals surface area (Å²) in [6, 6.07) is 4.65. The molecule has 0 radical (unpaired) electrons. The number of aliphatic imine (C=N–C) groups is 1. The number of hydrogen-bond acceptors (Lipinski definition) is 3. The second-order valence-electron chi connectivity index (χ2n) is 4.60. The SMILES string of the molecule is CC(C)C1CSC(=NCCc2cccnc2)N1. The van der Waals surface area contributed by atoms with Gasteiger partial charge in [-0.25, -0.2) is 0 Å². The van der Waals surface area contributed by atoms with Gasteiger partial charge in [0, 0.05) is 30.7 Å². The molecule has 0 spiro atoms. The van der Waals surface area contributed by atoms with E-state index in [1.54, 1.807) is 6.20 Å². The fraction of sp³-hybridized carbons (Fsp3) is 0.538. The largest absolute Gasteiger partial charge is 0.361 e. The standard InChI is InChI=1S/C13H19N3S/c1-10(2)12-9-17-13(16-12)15-7-5-11-4-3-6-14-8-11/h3-4,6,8,10,12H,5,7,9H2,1-2H3,(H,15,16). The molecule has 0 bridgehead atoms. The molecule has 2 rings (SSSR count). The molecule has 17 heavy (non-hydrogen) atoms. The lowest BCUT2D eigenvalue weighted by Crippen LogP contribution is -2.31. The van der Waals surface area contributed by atoms with Crippen molar-refractivity contribution in [1.29, 1.82) is 0 Å². The van der Waals surface area contributed by atoms with Gasteiger partial charge in [0.2, 0.25) is 0 Å². The third-order valence-electron chi connectivity index (χ3n) is 2.89. The van der Waals surface area contributed by atoms with Crippen LogP contribution in [-0.4, -0.2) is 28.5 Å². The quantitative estimate of drug-likeness (QED) is 0.890. The molecule has 0 saturated carbocycles. The number of rotatable bonds is 4. The molecule has 1 saturated heterocycles. The fourth-order valence-electron chi connectivity index (χ4n) is 1.69. The van der Waals surface area contributed by atoms with Crippen LogP contribution in [0.15, 0.2) is 29.5 Å². The summed E-state index contributed by atoms with van der Waals surface area (Å²) in [5.74, 6) is 1.82. The molecular weight excluding hydrogens is 230 g/mol. The van der Waals surface area contributed by atoms with Crippen molar-refractivity contribution in [3.8, 4) is 0 Å². The average Bonchev–Trinajstić information content (AvgIpc) is 2.79. The summed E-state index contributed by atoms with van der Waals surface area (Å²) in [6.45, 7) is 5.33. The monoisotopic (exact) mass is 249 g/mol. The summed E-state index contributed by atoms with van der Waals surface area (Å²) < 4.78 is 0. The van der Waals surface area contributed by atoms with Crippen LogP contribution in [-0.2, 0) is 6.42 Å². The lowest BCUT2D eigenvalue weighted by Gasteiger charge is -2.13. The minimum absolute atomic E-state index is 0.581. The summed E-state index contributed by atoms with van der Waals surface area (Å²) in [7, 11) is 0. The van der Waals surface area contributed by atoms with Gasteiger partial charge in [0.1, 0.15) is 0 Å². The molecule has 92 valence electrons. The molecule has 1 N–H and O–H groups in total. The van der Waals surface area contributed by atoms with Crippen LogP contribution in [0.4, 0.5) is 0 Å². The highest BCUT2D eigenvalue weighted by atomic mass is 32.2. The Balaban J connectivity index is 1.79. The van der Waals surface area contributed by atoms with Gasteiger partial charge in [-0.05, 0) is 24.0 Å². The first kappa shape index (κ1) is 12.4. The molecule has 0 amide bonds. The Morgan fingerprint density at radius 1 is 1.59 bits per heavy atom. The average molecular weight is 249 g/mol. The lowest BCUT2D eigenvalue weighted by atomic mass is 10.1. The summed E-state index contributed by atoms with van der Waals surface area (Å²) in [5.41, 5.74) is 1.25. The first-order valence-electron chi connectivity index (χ1n) is 6.08. The molecule has 2 heterocycles. The van der Waals surface area contributed by atoms with Gasteiger partial charge < -0.3 is 5.32 Å². The highest BCUT2D eigenvalue weighted by Crippen LogP contribution is 2.18. The maximum absolute atomic E-state index is 4.59. The van der Waals surface area contributed by atoms with Crippen LogP contribution in [0.25, 0.3) is 0 Å². The van der Waals surface area contributed by atoms with Crippen molar-refractivity contribution in [2.45, 2.75) is 26.3 Å². The van der Waals surface area contributed by atoms with E-state index in [1.165, 1.54) is 5.56 Å². The molecule has 4 heteroatoms. The van der Waals surface area contributed by atoms with Gasteiger partial charge in [-0.1, -0.05) is 31.7 Å². The first-order valence-corrected chi connectivity index (χ1v) is 7.07. The molecule has 1 aliphatic rings. The summed E-state index contributed by atoms with van der Waals surface area (Å²) in [4.78, 5) is 8.69. The minimum Gasteiger partial charge on any atom is -0.361 e. The lowest BCUT2D eigenvalue weighted by molar-refractivity contribution is 0.503. The predicted octanol–water partition coefficient (Wildman–Crippen LogP) is 2.34. The van der Waals surface area contributed by atoms with Gasteiger partial charge in [0.05, 0.1) is 0 Å². The fourth-order valence-corrected chi connectivity index (χ4v) is 2.92. The number of thioether (sulfide) groups is 1. The Kier molecular flexibility index (Phi) is 4.42. The van der Waals surface area contributed by atoms with E-state index in [9.17, 15) is 0 Å². The number of nitrogens with one attached hydrogen (secondary N) is 1. The summed E-state index contributed by atoms with van der Waals surface area (Å²) in [5, 5.41) is 4.58. The van der Waals surface area contributed by atoms with Crippen molar-refractivity contribution in [3.63, 3.8) is 0 Å². The minimum atomic E-state index is 0.581. The maximum Gasteiger partial charge on any atom is 0.156 e. The highest BCUT2D eigenvalue weighted by Gasteiger charge is 2.22. The van der Waals surface area contributed by atoms with Gasteiger partial charge in [-0.2, -0.15) is 0 Å². The number of amidine groups is 1. The zero-order valence-electron chi connectivity index (χ0n) is 10.4. The second-order valence-corrected chi connectivity index (χ2v) is 5.61. The topological polar surface area (TPSA) is 37.3 Å². The van der Waals surface area contributed by atoms with Crippen molar-refractivity contribution < 1.29 is 0 Å². The molecule has 1 unspecified atom stereocenters. The normalized spacial score (nSPS) is 22.1. The van der Waals surface area contributed by atoms with Crippen LogP contribution >= 0.6 is 11.8 Å². The van der Waals surface area contributed by atoms with Gasteiger partial charge in [0.25, 0.3) is 0 Å². The predicted molar refractivity (Wildman–Crippen MR) is 74.5 cm³/mol. The molecule has 3 nitrogen and oxygen atoms in total. The van der Waals surface area contributed by atoms with E-state index < -0.39 is 0 Å². The van der Waals surface area contributed by atoms with E-state index in [2.05, 4.69) is 35.2 Å². The zero-order chi connectivity index (χ0) is 12.1. The molecule has 1 atom stereocenters. The number of aromatic nitrogens is 1. The summed E-state index contributed by atoms with van der Waals surface area (Å²) >= 11 is 1.84. The van der Waals surface area contributed by atoms with E-state index in [0.717, 1.165) is 23.9 Å². The van der Waals surface area contributed by atoms with Crippen molar-refractivity contribution in [1.82, 2.24) is 10.3 Å². The Morgan fingerprint density at radius 3 is 3.12 bits per heavy atom. The van der Waals surface area contributed by atoms with E-state index in [1.807, 2.05) is 24.0 Å². The molecule has 1 aromatic heterocycles. The molecule has 0 aliphatic carbocycles. The molecule has 1 aromatic rings. The van der Waals surface area contributed by atoms with Crippen LogP contribution < -0.4 is 5.32 Å². The Bertz CT molecular complexity index is 376. The third-order valence-corrected chi connectivity index (χ3v) is 3.94. The van der Waals surface area contributed by atoms with Crippen LogP contribution in [0.1, 0.15) is 19.4 Å². The Hall–Kier alpha value is -1.03. The van der Waals surface area contributed by atoms with Crippen LogP contribution in [0.2, 0.25) is 0 Å².